The van der Waals surface area contributed by atoms with Crippen LogP contribution in [0.2, 0.25) is 0 Å². The Labute approximate surface area is 97.9 Å². The number of hydrogen-bond donors (Lipinski definition) is 1. The molecule has 0 aromatic carbocycles. The molecule has 2 heterocycles. The molecule has 0 unspecified atom stereocenters. The summed E-state index contributed by atoms with van der Waals surface area (Å²) in [5, 5.41) is 3.17. The van der Waals surface area contributed by atoms with E-state index < -0.39 is 0 Å². The molecule has 1 fully saturated rings. The normalized spacial score (nSPS) is 16.5. The SMILES string of the molecule is CNCc1cnc(N2CCCCC2)cc1C. The summed E-state index contributed by atoms with van der Waals surface area (Å²) in [6, 6.07) is 2.22. The summed E-state index contributed by atoms with van der Waals surface area (Å²) in [6.07, 6.45) is 5.99. The highest BCUT2D eigenvalue weighted by Gasteiger charge is 2.12. The first-order valence-corrected chi connectivity index (χ1v) is 6.16. The van der Waals surface area contributed by atoms with Gasteiger partial charge in [0, 0.05) is 25.8 Å². The maximum Gasteiger partial charge on any atom is 0.128 e. The van der Waals surface area contributed by atoms with Gasteiger partial charge in [-0.2, -0.15) is 0 Å². The van der Waals surface area contributed by atoms with Gasteiger partial charge in [-0.1, -0.05) is 0 Å². The van der Waals surface area contributed by atoms with Crippen LogP contribution in [0.15, 0.2) is 12.3 Å². The van der Waals surface area contributed by atoms with Gasteiger partial charge in [-0.15, -0.1) is 0 Å². The molecule has 1 aromatic heterocycles. The van der Waals surface area contributed by atoms with Crippen LogP contribution in [-0.4, -0.2) is 25.1 Å². The molecule has 0 spiro atoms. The quantitative estimate of drug-likeness (QED) is 0.844. The maximum atomic E-state index is 4.57. The molecule has 1 N–H and O–H groups in total. The fourth-order valence-corrected chi connectivity index (χ4v) is 2.24. The Balaban J connectivity index is 2.13. The Morgan fingerprint density at radius 1 is 1.31 bits per heavy atom. The standard InChI is InChI=1S/C13H21N3/c1-11-8-13(15-10-12(11)9-14-2)16-6-4-3-5-7-16/h8,10,14H,3-7,9H2,1-2H3. The van der Waals surface area contributed by atoms with E-state index >= 15 is 0 Å². The fourth-order valence-electron chi connectivity index (χ4n) is 2.24. The zero-order valence-electron chi connectivity index (χ0n) is 10.3. The zero-order chi connectivity index (χ0) is 11.4. The van der Waals surface area contributed by atoms with Crippen LogP contribution < -0.4 is 10.2 Å². The van der Waals surface area contributed by atoms with E-state index in [2.05, 4.69) is 28.2 Å². The Morgan fingerprint density at radius 2 is 2.06 bits per heavy atom. The second-order valence-corrected chi connectivity index (χ2v) is 4.55. The molecular formula is C13H21N3. The minimum Gasteiger partial charge on any atom is -0.357 e. The van der Waals surface area contributed by atoms with Gasteiger partial charge in [-0.25, -0.2) is 4.98 Å². The maximum absolute atomic E-state index is 4.57. The molecule has 0 saturated carbocycles. The van der Waals surface area contributed by atoms with Gasteiger partial charge in [0.1, 0.15) is 5.82 Å². The van der Waals surface area contributed by atoms with E-state index in [1.54, 1.807) is 0 Å². The third kappa shape index (κ3) is 2.53. The van der Waals surface area contributed by atoms with Crippen molar-refractivity contribution in [3.05, 3.63) is 23.4 Å². The monoisotopic (exact) mass is 219 g/mol. The molecule has 16 heavy (non-hydrogen) atoms. The van der Waals surface area contributed by atoms with E-state index in [0.29, 0.717) is 0 Å². The van der Waals surface area contributed by atoms with Gasteiger partial charge in [0.25, 0.3) is 0 Å². The highest BCUT2D eigenvalue weighted by atomic mass is 15.2. The number of aryl methyl sites for hydroxylation is 1. The van der Waals surface area contributed by atoms with Crippen molar-refractivity contribution in [3.8, 4) is 0 Å². The lowest BCUT2D eigenvalue weighted by atomic mass is 10.1. The Bertz CT molecular complexity index is 343. The summed E-state index contributed by atoms with van der Waals surface area (Å²) >= 11 is 0. The lowest BCUT2D eigenvalue weighted by molar-refractivity contribution is 0.573. The average Bonchev–Trinajstić information content (AvgIpc) is 2.33. The smallest absolute Gasteiger partial charge is 0.128 e. The van der Waals surface area contributed by atoms with Crippen molar-refractivity contribution in [2.45, 2.75) is 32.7 Å². The van der Waals surface area contributed by atoms with Crippen molar-refractivity contribution in [1.29, 1.82) is 0 Å². The van der Waals surface area contributed by atoms with Crippen LogP contribution in [0.25, 0.3) is 0 Å². The number of nitrogens with zero attached hydrogens (tertiary/aromatic N) is 2. The van der Waals surface area contributed by atoms with Gasteiger partial charge in [-0.3, -0.25) is 0 Å². The first-order valence-electron chi connectivity index (χ1n) is 6.16. The van der Waals surface area contributed by atoms with Gasteiger partial charge in [0.05, 0.1) is 0 Å². The Kier molecular flexibility index (Phi) is 3.78. The Morgan fingerprint density at radius 3 is 2.69 bits per heavy atom. The van der Waals surface area contributed by atoms with Crippen LogP contribution in [0, 0.1) is 6.92 Å². The van der Waals surface area contributed by atoms with Crippen LogP contribution >= 0.6 is 0 Å². The molecule has 3 heteroatoms. The number of anilines is 1. The molecule has 0 radical (unpaired) electrons. The molecule has 0 amide bonds. The summed E-state index contributed by atoms with van der Waals surface area (Å²) in [7, 11) is 1.97. The lowest BCUT2D eigenvalue weighted by Crippen LogP contribution is -2.30. The van der Waals surface area contributed by atoms with E-state index in [1.807, 2.05) is 13.2 Å². The third-order valence-electron chi connectivity index (χ3n) is 3.25. The zero-order valence-corrected chi connectivity index (χ0v) is 10.3. The second kappa shape index (κ2) is 5.30. The third-order valence-corrected chi connectivity index (χ3v) is 3.25. The van der Waals surface area contributed by atoms with Crippen molar-refractivity contribution < 1.29 is 0 Å². The number of rotatable bonds is 3. The van der Waals surface area contributed by atoms with Crippen molar-refractivity contribution in [1.82, 2.24) is 10.3 Å². The van der Waals surface area contributed by atoms with E-state index in [0.717, 1.165) is 25.5 Å². The van der Waals surface area contributed by atoms with Crippen molar-refractivity contribution in [2.24, 2.45) is 0 Å². The summed E-state index contributed by atoms with van der Waals surface area (Å²) in [5.41, 5.74) is 2.63. The van der Waals surface area contributed by atoms with Crippen molar-refractivity contribution >= 4 is 5.82 Å². The molecule has 0 aliphatic carbocycles. The van der Waals surface area contributed by atoms with Crippen LogP contribution in [0.5, 0.6) is 0 Å². The van der Waals surface area contributed by atoms with Crippen molar-refractivity contribution in [3.63, 3.8) is 0 Å². The second-order valence-electron chi connectivity index (χ2n) is 4.55. The van der Waals surface area contributed by atoms with Gasteiger partial charge in [0.2, 0.25) is 0 Å². The Hall–Kier alpha value is -1.09. The molecule has 3 nitrogen and oxygen atoms in total. The summed E-state index contributed by atoms with van der Waals surface area (Å²) < 4.78 is 0. The van der Waals surface area contributed by atoms with E-state index in [1.165, 1.54) is 30.4 Å². The molecule has 2 rings (SSSR count). The van der Waals surface area contributed by atoms with E-state index in [4.69, 9.17) is 0 Å². The van der Waals surface area contributed by atoms with E-state index in [-0.39, 0.29) is 0 Å². The van der Waals surface area contributed by atoms with Gasteiger partial charge in [-0.05, 0) is 50.4 Å². The van der Waals surface area contributed by atoms with Crippen LogP contribution in [-0.2, 0) is 6.54 Å². The highest BCUT2D eigenvalue weighted by molar-refractivity contribution is 5.43. The molecule has 0 bridgehead atoms. The van der Waals surface area contributed by atoms with E-state index in [9.17, 15) is 0 Å². The molecule has 1 saturated heterocycles. The summed E-state index contributed by atoms with van der Waals surface area (Å²) in [4.78, 5) is 6.97. The first-order chi connectivity index (χ1) is 7.81. The minimum absolute atomic E-state index is 0.902. The summed E-state index contributed by atoms with van der Waals surface area (Å²) in [5.74, 6) is 1.15. The van der Waals surface area contributed by atoms with Crippen LogP contribution in [0.4, 0.5) is 5.82 Å². The number of hydrogen-bond acceptors (Lipinski definition) is 3. The average molecular weight is 219 g/mol. The van der Waals surface area contributed by atoms with Gasteiger partial charge in [0.15, 0.2) is 0 Å². The fraction of sp³-hybridized carbons (Fsp3) is 0.615. The molecule has 0 atom stereocenters. The number of piperidine rings is 1. The highest BCUT2D eigenvalue weighted by Crippen LogP contribution is 2.19. The lowest BCUT2D eigenvalue weighted by Gasteiger charge is -2.28. The largest absolute Gasteiger partial charge is 0.357 e. The molecule has 1 aliphatic heterocycles. The van der Waals surface area contributed by atoms with Gasteiger partial charge >= 0.3 is 0 Å². The van der Waals surface area contributed by atoms with Crippen LogP contribution in [0.1, 0.15) is 30.4 Å². The first kappa shape index (κ1) is 11.4. The molecule has 1 aromatic rings. The molecule has 88 valence electrons. The topological polar surface area (TPSA) is 28.2 Å². The number of aromatic nitrogens is 1. The molecular weight excluding hydrogens is 198 g/mol. The number of pyridine rings is 1. The van der Waals surface area contributed by atoms with Gasteiger partial charge < -0.3 is 10.2 Å². The number of nitrogens with one attached hydrogen (secondary N) is 1. The predicted octanol–water partition coefficient (Wildman–Crippen LogP) is 2.10. The molecule has 1 aliphatic rings. The predicted molar refractivity (Wildman–Crippen MR) is 67.8 cm³/mol. The van der Waals surface area contributed by atoms with Crippen molar-refractivity contribution in [2.75, 3.05) is 25.0 Å². The van der Waals surface area contributed by atoms with Crippen LogP contribution in [0.3, 0.4) is 0 Å². The summed E-state index contributed by atoms with van der Waals surface area (Å²) in [6.45, 7) is 5.40. The minimum atomic E-state index is 0.902.